The van der Waals surface area contributed by atoms with Crippen LogP contribution in [0.15, 0.2) is 42.7 Å². The van der Waals surface area contributed by atoms with Crippen LogP contribution < -0.4 is 9.80 Å². The number of carbonyl (C=O) groups is 1. The number of nitrogens with zero attached hydrogens (tertiary/aromatic N) is 3. The Labute approximate surface area is 154 Å². The summed E-state index contributed by atoms with van der Waals surface area (Å²) < 4.78 is 5.43. The molecule has 1 fully saturated rings. The van der Waals surface area contributed by atoms with Crippen molar-refractivity contribution in [1.82, 2.24) is 4.98 Å². The molecular weight excluding hydrogens is 326 g/mol. The number of hydrogen-bond acceptors (Lipinski definition) is 4. The summed E-state index contributed by atoms with van der Waals surface area (Å²) in [6.07, 6.45) is 6.95. The van der Waals surface area contributed by atoms with Crippen molar-refractivity contribution in [2.75, 3.05) is 42.6 Å². The third-order valence-electron chi connectivity index (χ3n) is 5.21. The van der Waals surface area contributed by atoms with Gasteiger partial charge in [0.25, 0.3) is 0 Å². The molecule has 0 radical (unpaired) electrons. The monoisotopic (exact) mass is 351 g/mol. The lowest BCUT2D eigenvalue weighted by Gasteiger charge is -2.29. The van der Waals surface area contributed by atoms with Crippen LogP contribution in [0.5, 0.6) is 0 Å². The Morgan fingerprint density at radius 3 is 2.85 bits per heavy atom. The second-order valence-corrected chi connectivity index (χ2v) is 6.92. The number of aryl methyl sites for hydroxylation is 1. The summed E-state index contributed by atoms with van der Waals surface area (Å²) in [4.78, 5) is 21.1. The molecule has 0 spiro atoms. The van der Waals surface area contributed by atoms with Crippen molar-refractivity contribution in [1.29, 1.82) is 0 Å². The van der Waals surface area contributed by atoms with Gasteiger partial charge in [0.15, 0.2) is 0 Å². The smallest absolute Gasteiger partial charge is 0.227 e. The minimum atomic E-state index is 0.228. The summed E-state index contributed by atoms with van der Waals surface area (Å²) in [6, 6.07) is 10.5. The molecule has 2 aromatic rings. The second kappa shape index (κ2) is 7.87. The maximum Gasteiger partial charge on any atom is 0.227 e. The lowest BCUT2D eigenvalue weighted by molar-refractivity contribution is -0.118. The summed E-state index contributed by atoms with van der Waals surface area (Å²) in [5.74, 6) is 0.228. The molecule has 1 saturated heterocycles. The van der Waals surface area contributed by atoms with Gasteiger partial charge in [-0.3, -0.25) is 9.78 Å². The summed E-state index contributed by atoms with van der Waals surface area (Å²) in [7, 11) is 0. The molecule has 4 rings (SSSR count). The van der Waals surface area contributed by atoms with Crippen LogP contribution in [0.4, 0.5) is 11.4 Å². The van der Waals surface area contributed by atoms with Crippen LogP contribution in [0.1, 0.15) is 24.0 Å². The van der Waals surface area contributed by atoms with E-state index in [1.54, 1.807) is 6.20 Å². The Balaban J connectivity index is 1.36. The Morgan fingerprint density at radius 1 is 1.15 bits per heavy atom. The highest BCUT2D eigenvalue weighted by Gasteiger charge is 2.25. The highest BCUT2D eigenvalue weighted by molar-refractivity contribution is 5.95. The minimum Gasteiger partial charge on any atom is -0.378 e. The second-order valence-electron chi connectivity index (χ2n) is 6.92. The van der Waals surface area contributed by atoms with Gasteiger partial charge in [-0.05, 0) is 54.7 Å². The zero-order valence-electron chi connectivity index (χ0n) is 15.1. The van der Waals surface area contributed by atoms with E-state index >= 15 is 0 Å². The molecule has 0 N–H and O–H groups in total. The third-order valence-corrected chi connectivity index (χ3v) is 5.21. The number of benzene rings is 1. The number of pyridine rings is 1. The highest BCUT2D eigenvalue weighted by atomic mass is 16.5. The molecule has 5 heteroatoms. The SMILES string of the molecule is O=C(CCCc1cccnc1)N1CCc2cc(N3CCOCC3)ccc21. The molecule has 26 heavy (non-hydrogen) atoms. The number of anilines is 2. The quantitative estimate of drug-likeness (QED) is 0.831. The van der Waals surface area contributed by atoms with E-state index in [0.29, 0.717) is 6.42 Å². The number of amides is 1. The maximum absolute atomic E-state index is 12.7. The molecule has 3 heterocycles. The molecular formula is C21H25N3O2. The van der Waals surface area contributed by atoms with Crippen molar-refractivity contribution in [3.8, 4) is 0 Å². The standard InChI is InChI=1S/C21H25N3O2/c25-21(5-1-3-17-4-2-9-22-16-17)24-10-8-18-15-19(6-7-20(18)24)23-11-13-26-14-12-23/h2,4,6-7,9,15-16H,1,3,5,8,10-14H2. The third kappa shape index (κ3) is 3.73. The molecule has 136 valence electrons. The summed E-state index contributed by atoms with van der Waals surface area (Å²) in [5, 5.41) is 0. The number of aromatic nitrogens is 1. The molecule has 5 nitrogen and oxygen atoms in total. The van der Waals surface area contributed by atoms with E-state index in [4.69, 9.17) is 4.74 Å². The average molecular weight is 351 g/mol. The molecule has 2 aliphatic heterocycles. The van der Waals surface area contributed by atoms with Crippen LogP contribution in [0.25, 0.3) is 0 Å². The molecule has 0 atom stereocenters. The number of hydrogen-bond donors (Lipinski definition) is 0. The first-order chi connectivity index (χ1) is 12.8. The Morgan fingerprint density at radius 2 is 2.04 bits per heavy atom. The molecule has 0 aliphatic carbocycles. The van der Waals surface area contributed by atoms with Crippen molar-refractivity contribution in [3.63, 3.8) is 0 Å². The fourth-order valence-corrected chi connectivity index (χ4v) is 3.79. The van der Waals surface area contributed by atoms with Crippen LogP contribution in [0, 0.1) is 0 Å². The van der Waals surface area contributed by atoms with E-state index in [9.17, 15) is 4.79 Å². The maximum atomic E-state index is 12.7. The molecule has 1 amide bonds. The highest BCUT2D eigenvalue weighted by Crippen LogP contribution is 2.32. The van der Waals surface area contributed by atoms with Gasteiger partial charge < -0.3 is 14.5 Å². The van der Waals surface area contributed by atoms with E-state index in [1.165, 1.54) is 16.8 Å². The number of carbonyl (C=O) groups excluding carboxylic acids is 1. The van der Waals surface area contributed by atoms with Crippen LogP contribution in [0.3, 0.4) is 0 Å². The van der Waals surface area contributed by atoms with Crippen molar-refractivity contribution in [3.05, 3.63) is 53.9 Å². The van der Waals surface area contributed by atoms with E-state index in [0.717, 1.165) is 57.8 Å². The van der Waals surface area contributed by atoms with Gasteiger partial charge in [-0.1, -0.05) is 6.07 Å². The van der Waals surface area contributed by atoms with Crippen molar-refractivity contribution >= 4 is 17.3 Å². The Bertz CT molecular complexity index is 757. The number of rotatable bonds is 5. The predicted molar refractivity (Wildman–Crippen MR) is 103 cm³/mol. The Hall–Kier alpha value is -2.40. The minimum absolute atomic E-state index is 0.228. The van der Waals surface area contributed by atoms with E-state index in [1.807, 2.05) is 17.2 Å². The normalized spacial score (nSPS) is 16.6. The fourth-order valence-electron chi connectivity index (χ4n) is 3.79. The van der Waals surface area contributed by atoms with Gasteiger partial charge in [0, 0.05) is 49.8 Å². The summed E-state index contributed by atoms with van der Waals surface area (Å²) >= 11 is 0. The van der Waals surface area contributed by atoms with Crippen LogP contribution in [-0.2, 0) is 22.4 Å². The van der Waals surface area contributed by atoms with E-state index < -0.39 is 0 Å². The number of ether oxygens (including phenoxy) is 1. The van der Waals surface area contributed by atoms with Gasteiger partial charge in [0.1, 0.15) is 0 Å². The molecule has 0 bridgehead atoms. The van der Waals surface area contributed by atoms with Gasteiger partial charge in [0.2, 0.25) is 5.91 Å². The average Bonchev–Trinajstić information content (AvgIpc) is 3.13. The largest absolute Gasteiger partial charge is 0.378 e. The first kappa shape index (κ1) is 17.0. The summed E-state index contributed by atoms with van der Waals surface area (Å²) in [6.45, 7) is 4.26. The first-order valence-electron chi connectivity index (χ1n) is 9.46. The molecule has 1 aromatic carbocycles. The van der Waals surface area contributed by atoms with Gasteiger partial charge in [-0.25, -0.2) is 0 Å². The molecule has 0 saturated carbocycles. The summed E-state index contributed by atoms with van der Waals surface area (Å²) in [5.41, 5.74) is 4.82. The lowest BCUT2D eigenvalue weighted by Crippen LogP contribution is -2.36. The van der Waals surface area contributed by atoms with Gasteiger partial charge in [0.05, 0.1) is 13.2 Å². The number of fused-ring (bicyclic) bond motifs is 1. The van der Waals surface area contributed by atoms with Crippen molar-refractivity contribution in [2.24, 2.45) is 0 Å². The zero-order chi connectivity index (χ0) is 17.8. The van der Waals surface area contributed by atoms with E-state index in [2.05, 4.69) is 34.1 Å². The van der Waals surface area contributed by atoms with E-state index in [-0.39, 0.29) is 5.91 Å². The van der Waals surface area contributed by atoms with Gasteiger partial charge in [-0.15, -0.1) is 0 Å². The van der Waals surface area contributed by atoms with Crippen LogP contribution in [0.2, 0.25) is 0 Å². The van der Waals surface area contributed by atoms with Crippen molar-refractivity contribution in [2.45, 2.75) is 25.7 Å². The van der Waals surface area contributed by atoms with Crippen LogP contribution >= 0.6 is 0 Å². The van der Waals surface area contributed by atoms with Crippen LogP contribution in [-0.4, -0.2) is 43.7 Å². The molecule has 1 aromatic heterocycles. The molecule has 0 unspecified atom stereocenters. The fraction of sp³-hybridized carbons (Fsp3) is 0.429. The van der Waals surface area contributed by atoms with Gasteiger partial charge in [-0.2, -0.15) is 0 Å². The zero-order valence-corrected chi connectivity index (χ0v) is 15.1. The number of morpholine rings is 1. The van der Waals surface area contributed by atoms with Crippen molar-refractivity contribution < 1.29 is 9.53 Å². The predicted octanol–water partition coefficient (Wildman–Crippen LogP) is 2.83. The molecule has 2 aliphatic rings. The topological polar surface area (TPSA) is 45.7 Å². The lowest BCUT2D eigenvalue weighted by atomic mass is 10.1. The first-order valence-corrected chi connectivity index (χ1v) is 9.46. The Kier molecular flexibility index (Phi) is 5.16. The van der Waals surface area contributed by atoms with Gasteiger partial charge >= 0.3 is 0 Å².